The van der Waals surface area contributed by atoms with E-state index >= 15 is 0 Å². The van der Waals surface area contributed by atoms with Crippen LogP contribution >= 0.6 is 11.3 Å². The van der Waals surface area contributed by atoms with E-state index in [2.05, 4.69) is 9.97 Å². The summed E-state index contributed by atoms with van der Waals surface area (Å²) in [5.74, 6) is 0.370. The van der Waals surface area contributed by atoms with E-state index in [1.807, 2.05) is 34.2 Å². The van der Waals surface area contributed by atoms with Gasteiger partial charge in [0.2, 0.25) is 0 Å². The van der Waals surface area contributed by atoms with Gasteiger partial charge in [-0.25, -0.2) is 14.4 Å². The van der Waals surface area contributed by atoms with Crippen LogP contribution in [0.1, 0.15) is 0 Å². The lowest BCUT2D eigenvalue weighted by Crippen LogP contribution is -2.24. The van der Waals surface area contributed by atoms with Crippen molar-refractivity contribution in [1.82, 2.24) is 14.5 Å². The van der Waals surface area contributed by atoms with Gasteiger partial charge < -0.3 is 14.4 Å². The van der Waals surface area contributed by atoms with Gasteiger partial charge in [-0.3, -0.25) is 0 Å². The summed E-state index contributed by atoms with van der Waals surface area (Å²) in [4.78, 5) is 8.96. The van der Waals surface area contributed by atoms with E-state index in [9.17, 15) is 9.50 Å². The molecule has 7 heteroatoms. The van der Waals surface area contributed by atoms with Crippen molar-refractivity contribution in [2.45, 2.75) is 12.6 Å². The van der Waals surface area contributed by atoms with Crippen molar-refractivity contribution in [2.24, 2.45) is 0 Å². The highest BCUT2D eigenvalue weighted by molar-refractivity contribution is 7.07. The van der Waals surface area contributed by atoms with E-state index in [1.54, 1.807) is 17.6 Å². The number of thiazole rings is 1. The van der Waals surface area contributed by atoms with Gasteiger partial charge >= 0.3 is 0 Å². The molecule has 0 saturated carbocycles. The number of para-hydroxylation sites is 3. The average molecular weight is 369 g/mol. The topological polar surface area (TPSA) is 60.2 Å². The van der Waals surface area contributed by atoms with Gasteiger partial charge in [-0.05, 0) is 24.3 Å². The van der Waals surface area contributed by atoms with Gasteiger partial charge in [-0.1, -0.05) is 24.3 Å². The van der Waals surface area contributed by atoms with Crippen molar-refractivity contribution in [3.05, 3.63) is 65.2 Å². The van der Waals surface area contributed by atoms with E-state index in [1.165, 1.54) is 23.5 Å². The summed E-state index contributed by atoms with van der Waals surface area (Å²) in [5, 5.41) is 12.4. The second-order valence-corrected chi connectivity index (χ2v) is 6.52. The highest BCUT2D eigenvalue weighted by Crippen LogP contribution is 2.25. The molecular formula is C19H16FN3O2S. The standard InChI is InChI=1S/C19H16FN3O2S/c20-14-5-1-4-8-18(14)25-10-13(24)9-23-17-7-3-2-6-15(17)22-19(23)16-11-26-12-21-16/h1-8,11-13,24H,9-10H2/t13-/m1/s1. The molecule has 4 aromatic rings. The van der Waals surface area contributed by atoms with Gasteiger partial charge in [0.25, 0.3) is 0 Å². The molecule has 0 bridgehead atoms. The molecule has 0 fully saturated rings. The van der Waals surface area contributed by atoms with Crippen molar-refractivity contribution in [2.75, 3.05) is 6.61 Å². The average Bonchev–Trinajstić information content (AvgIpc) is 3.29. The molecule has 0 aliphatic heterocycles. The van der Waals surface area contributed by atoms with Crippen LogP contribution < -0.4 is 4.74 Å². The maximum Gasteiger partial charge on any atom is 0.165 e. The zero-order valence-corrected chi connectivity index (χ0v) is 14.6. The molecule has 2 aromatic carbocycles. The van der Waals surface area contributed by atoms with Gasteiger partial charge in [-0.2, -0.15) is 0 Å². The molecule has 1 atom stereocenters. The maximum atomic E-state index is 13.6. The van der Waals surface area contributed by atoms with Crippen molar-refractivity contribution in [3.8, 4) is 17.3 Å². The van der Waals surface area contributed by atoms with Crippen LogP contribution in [-0.2, 0) is 6.54 Å². The summed E-state index contributed by atoms with van der Waals surface area (Å²) in [5.41, 5.74) is 4.24. The molecule has 5 nitrogen and oxygen atoms in total. The molecule has 0 amide bonds. The Morgan fingerprint density at radius 1 is 1.15 bits per heavy atom. The number of aliphatic hydroxyl groups is 1. The van der Waals surface area contributed by atoms with Crippen LogP contribution in [0.25, 0.3) is 22.6 Å². The number of nitrogens with zero attached hydrogens (tertiary/aromatic N) is 3. The van der Waals surface area contributed by atoms with Crippen LogP contribution in [0, 0.1) is 5.82 Å². The molecule has 0 radical (unpaired) electrons. The molecule has 0 saturated heterocycles. The summed E-state index contributed by atoms with van der Waals surface area (Å²) in [6.07, 6.45) is -0.829. The molecule has 1 N–H and O–H groups in total. The maximum absolute atomic E-state index is 13.6. The summed E-state index contributed by atoms with van der Waals surface area (Å²) in [6.45, 7) is 0.242. The van der Waals surface area contributed by atoms with Crippen LogP contribution in [0.4, 0.5) is 4.39 Å². The second-order valence-electron chi connectivity index (χ2n) is 5.80. The minimum Gasteiger partial charge on any atom is -0.488 e. The first kappa shape index (κ1) is 16.7. The lowest BCUT2D eigenvalue weighted by molar-refractivity contribution is 0.0918. The predicted molar refractivity (Wildman–Crippen MR) is 98.7 cm³/mol. The fraction of sp³-hybridized carbons (Fsp3) is 0.158. The Labute approximate surface area is 153 Å². The monoisotopic (exact) mass is 369 g/mol. The van der Waals surface area contributed by atoms with E-state index in [4.69, 9.17) is 4.74 Å². The number of aromatic nitrogens is 3. The zero-order chi connectivity index (χ0) is 17.9. The molecule has 0 unspecified atom stereocenters. The van der Waals surface area contributed by atoms with E-state index < -0.39 is 11.9 Å². The van der Waals surface area contributed by atoms with Crippen molar-refractivity contribution in [1.29, 1.82) is 0 Å². The number of aliphatic hydroxyl groups excluding tert-OH is 1. The van der Waals surface area contributed by atoms with Crippen LogP contribution in [0.2, 0.25) is 0 Å². The SMILES string of the molecule is O[C@@H](COc1ccccc1F)Cn1c(-c2cscn2)nc2ccccc21. The quantitative estimate of drug-likeness (QED) is 0.562. The molecule has 4 rings (SSSR count). The van der Waals surface area contributed by atoms with Crippen molar-refractivity contribution < 1.29 is 14.2 Å². The van der Waals surface area contributed by atoms with E-state index in [0.29, 0.717) is 5.82 Å². The predicted octanol–water partition coefficient (Wildman–Crippen LogP) is 3.74. The largest absolute Gasteiger partial charge is 0.488 e. The number of hydrogen-bond donors (Lipinski definition) is 1. The van der Waals surface area contributed by atoms with Gasteiger partial charge in [0, 0.05) is 5.38 Å². The first-order valence-corrected chi connectivity index (χ1v) is 9.06. The number of rotatable bonds is 6. The van der Waals surface area contributed by atoms with Crippen molar-refractivity contribution in [3.63, 3.8) is 0 Å². The molecule has 2 heterocycles. The van der Waals surface area contributed by atoms with Gasteiger partial charge in [0.15, 0.2) is 17.4 Å². The minimum absolute atomic E-state index is 0.0239. The highest BCUT2D eigenvalue weighted by atomic mass is 32.1. The zero-order valence-electron chi connectivity index (χ0n) is 13.7. The summed E-state index contributed by atoms with van der Waals surface area (Å²) >= 11 is 1.49. The van der Waals surface area contributed by atoms with E-state index in [-0.39, 0.29) is 18.9 Å². The van der Waals surface area contributed by atoms with Crippen LogP contribution in [0.15, 0.2) is 59.4 Å². The first-order valence-electron chi connectivity index (χ1n) is 8.11. The Hall–Kier alpha value is -2.77. The summed E-state index contributed by atoms with van der Waals surface area (Å²) < 4.78 is 21.0. The van der Waals surface area contributed by atoms with Gasteiger partial charge in [0.1, 0.15) is 18.4 Å². The normalized spacial score (nSPS) is 12.4. The molecule has 0 spiro atoms. The Morgan fingerprint density at radius 3 is 2.77 bits per heavy atom. The van der Waals surface area contributed by atoms with E-state index in [0.717, 1.165) is 16.7 Å². The molecule has 0 aliphatic rings. The van der Waals surface area contributed by atoms with Crippen LogP contribution in [-0.4, -0.2) is 32.4 Å². The van der Waals surface area contributed by atoms with Crippen LogP contribution in [0.5, 0.6) is 5.75 Å². The molecule has 26 heavy (non-hydrogen) atoms. The summed E-state index contributed by atoms with van der Waals surface area (Å²) in [6, 6.07) is 13.9. The van der Waals surface area contributed by atoms with Gasteiger partial charge in [-0.15, -0.1) is 11.3 Å². The molecular weight excluding hydrogens is 353 g/mol. The fourth-order valence-electron chi connectivity index (χ4n) is 2.79. The lowest BCUT2D eigenvalue weighted by atomic mass is 10.3. The number of imidazole rings is 1. The number of benzene rings is 2. The minimum atomic E-state index is -0.829. The number of halogens is 1. The fourth-order valence-corrected chi connectivity index (χ4v) is 3.32. The van der Waals surface area contributed by atoms with Crippen LogP contribution in [0.3, 0.4) is 0 Å². The third-order valence-electron chi connectivity index (χ3n) is 3.98. The van der Waals surface area contributed by atoms with Gasteiger partial charge in [0.05, 0.1) is 23.1 Å². The molecule has 2 aromatic heterocycles. The highest BCUT2D eigenvalue weighted by Gasteiger charge is 2.17. The Balaban J connectivity index is 1.58. The third kappa shape index (κ3) is 3.31. The Morgan fingerprint density at radius 2 is 1.96 bits per heavy atom. The smallest absolute Gasteiger partial charge is 0.165 e. The number of ether oxygens (including phenoxy) is 1. The molecule has 132 valence electrons. The lowest BCUT2D eigenvalue weighted by Gasteiger charge is -2.15. The number of fused-ring (bicyclic) bond motifs is 1. The van der Waals surface area contributed by atoms with Crippen molar-refractivity contribution >= 4 is 22.4 Å². The second kappa shape index (κ2) is 7.23. The number of hydrogen-bond acceptors (Lipinski definition) is 5. The molecule has 0 aliphatic carbocycles. The Bertz CT molecular complexity index is 1020. The Kier molecular flexibility index (Phi) is 4.64. The third-order valence-corrected chi connectivity index (χ3v) is 4.56. The summed E-state index contributed by atoms with van der Waals surface area (Å²) in [7, 11) is 0. The first-order chi connectivity index (χ1) is 12.7.